The minimum Gasteiger partial charge on any atom is -0.455 e. The van der Waals surface area contributed by atoms with Crippen molar-refractivity contribution in [1.29, 1.82) is 0 Å². The van der Waals surface area contributed by atoms with Crippen LogP contribution < -0.4 is 10.5 Å². The van der Waals surface area contributed by atoms with Gasteiger partial charge in [-0.3, -0.25) is 9.97 Å². The number of benzene rings is 1. The normalized spacial score (nSPS) is 10.8. The Kier molecular flexibility index (Phi) is 3.44. The van der Waals surface area contributed by atoms with E-state index < -0.39 is 0 Å². The molecule has 0 unspecified atom stereocenters. The highest BCUT2D eigenvalue weighted by Gasteiger charge is 2.09. The number of hydrogen-bond donors (Lipinski definition) is 1. The third-order valence-electron chi connectivity index (χ3n) is 3.44. The molecular weight excluding hydrogens is 262 g/mol. The topological polar surface area (TPSA) is 61.0 Å². The zero-order valence-corrected chi connectivity index (χ0v) is 12.1. The standard InChI is InChI=1S/C17H17N3O/c1-3-15-17(6-4-11(2)20-15)21-16-7-5-14(18)12-8-9-19-10-13(12)16/h4-10H,3,18H2,1-2H3. The second-order valence-corrected chi connectivity index (χ2v) is 4.93. The number of ether oxygens (including phenoxy) is 1. The molecule has 0 spiro atoms. The molecule has 4 heteroatoms. The highest BCUT2D eigenvalue weighted by atomic mass is 16.5. The van der Waals surface area contributed by atoms with Gasteiger partial charge in [0.25, 0.3) is 0 Å². The smallest absolute Gasteiger partial charge is 0.148 e. The summed E-state index contributed by atoms with van der Waals surface area (Å²) in [5.41, 5.74) is 8.66. The Balaban J connectivity index is 2.09. The van der Waals surface area contributed by atoms with Crippen LogP contribution in [0.3, 0.4) is 0 Å². The summed E-state index contributed by atoms with van der Waals surface area (Å²) < 4.78 is 6.07. The van der Waals surface area contributed by atoms with Crippen molar-refractivity contribution in [3.05, 3.63) is 54.1 Å². The Morgan fingerprint density at radius 3 is 2.67 bits per heavy atom. The molecule has 0 bridgehead atoms. The molecule has 4 nitrogen and oxygen atoms in total. The van der Waals surface area contributed by atoms with Crippen molar-refractivity contribution in [2.24, 2.45) is 0 Å². The maximum absolute atomic E-state index is 6.07. The van der Waals surface area contributed by atoms with Crippen molar-refractivity contribution in [3.8, 4) is 11.5 Å². The molecule has 0 amide bonds. The number of anilines is 1. The van der Waals surface area contributed by atoms with Crippen molar-refractivity contribution in [1.82, 2.24) is 9.97 Å². The number of nitrogens with two attached hydrogens (primary N) is 1. The number of aromatic nitrogens is 2. The van der Waals surface area contributed by atoms with Crippen LogP contribution in [0.25, 0.3) is 10.8 Å². The molecule has 3 rings (SSSR count). The van der Waals surface area contributed by atoms with Gasteiger partial charge in [0.2, 0.25) is 0 Å². The third kappa shape index (κ3) is 2.52. The monoisotopic (exact) mass is 279 g/mol. The SMILES string of the molecule is CCc1nc(C)ccc1Oc1ccc(N)c2ccncc12. The summed E-state index contributed by atoms with van der Waals surface area (Å²) in [7, 11) is 0. The van der Waals surface area contributed by atoms with Crippen LogP contribution in [-0.2, 0) is 6.42 Å². The summed E-state index contributed by atoms with van der Waals surface area (Å²) in [5.74, 6) is 1.52. The molecule has 0 atom stereocenters. The molecule has 1 aromatic carbocycles. The van der Waals surface area contributed by atoms with Gasteiger partial charge in [0.1, 0.15) is 11.5 Å². The first-order valence-corrected chi connectivity index (χ1v) is 6.95. The highest BCUT2D eigenvalue weighted by molar-refractivity contribution is 5.96. The van der Waals surface area contributed by atoms with Crippen molar-refractivity contribution in [3.63, 3.8) is 0 Å². The Bertz CT molecular complexity index is 799. The van der Waals surface area contributed by atoms with Crippen LogP contribution in [-0.4, -0.2) is 9.97 Å². The number of nitrogens with zero attached hydrogens (tertiary/aromatic N) is 2. The van der Waals surface area contributed by atoms with Gasteiger partial charge >= 0.3 is 0 Å². The first kappa shape index (κ1) is 13.4. The number of fused-ring (bicyclic) bond motifs is 1. The predicted molar refractivity (Wildman–Crippen MR) is 84.6 cm³/mol. The molecule has 21 heavy (non-hydrogen) atoms. The lowest BCUT2D eigenvalue weighted by Crippen LogP contribution is -1.97. The first-order chi connectivity index (χ1) is 10.2. The van der Waals surface area contributed by atoms with Gasteiger partial charge in [0.15, 0.2) is 0 Å². The average Bonchev–Trinajstić information content (AvgIpc) is 2.52. The molecule has 0 radical (unpaired) electrons. The minimum atomic E-state index is 0.720. The molecule has 3 aromatic rings. The third-order valence-corrected chi connectivity index (χ3v) is 3.44. The van der Waals surface area contributed by atoms with Crippen molar-refractivity contribution < 1.29 is 4.74 Å². The van der Waals surface area contributed by atoms with Crippen molar-refractivity contribution >= 4 is 16.5 Å². The van der Waals surface area contributed by atoms with E-state index in [1.165, 1.54) is 0 Å². The van der Waals surface area contributed by atoms with Crippen molar-refractivity contribution in [2.45, 2.75) is 20.3 Å². The molecule has 2 aromatic heterocycles. The van der Waals surface area contributed by atoms with E-state index >= 15 is 0 Å². The van der Waals surface area contributed by atoms with Crippen LogP contribution >= 0.6 is 0 Å². The maximum atomic E-state index is 6.07. The summed E-state index contributed by atoms with van der Waals surface area (Å²) in [5, 5.41) is 1.85. The Morgan fingerprint density at radius 2 is 1.86 bits per heavy atom. The molecule has 0 aliphatic heterocycles. The molecule has 106 valence electrons. The maximum Gasteiger partial charge on any atom is 0.148 e. The van der Waals surface area contributed by atoms with Crippen LogP contribution in [0.1, 0.15) is 18.3 Å². The van der Waals surface area contributed by atoms with Crippen LogP contribution in [0.15, 0.2) is 42.7 Å². The number of pyridine rings is 2. The summed E-state index contributed by atoms with van der Waals surface area (Å²) in [6, 6.07) is 9.53. The van der Waals surface area contributed by atoms with Crippen LogP contribution in [0.2, 0.25) is 0 Å². The second kappa shape index (κ2) is 5.40. The van der Waals surface area contributed by atoms with Gasteiger partial charge < -0.3 is 10.5 Å². The summed E-state index contributed by atoms with van der Waals surface area (Å²) >= 11 is 0. The Labute approximate surface area is 123 Å². The fraction of sp³-hybridized carbons (Fsp3) is 0.176. The van der Waals surface area contributed by atoms with Gasteiger partial charge in [0, 0.05) is 34.5 Å². The van der Waals surface area contributed by atoms with Gasteiger partial charge in [-0.2, -0.15) is 0 Å². The minimum absolute atomic E-state index is 0.720. The van der Waals surface area contributed by atoms with E-state index in [1.54, 1.807) is 12.4 Å². The first-order valence-electron chi connectivity index (χ1n) is 6.95. The van der Waals surface area contributed by atoms with Gasteiger partial charge in [-0.25, -0.2) is 0 Å². The Morgan fingerprint density at radius 1 is 1.05 bits per heavy atom. The lowest BCUT2D eigenvalue weighted by molar-refractivity contribution is 0.478. The van der Waals surface area contributed by atoms with Crippen LogP contribution in [0, 0.1) is 6.92 Å². The highest BCUT2D eigenvalue weighted by Crippen LogP contribution is 2.33. The van der Waals surface area contributed by atoms with Gasteiger partial charge in [-0.05, 0) is 43.7 Å². The summed E-state index contributed by atoms with van der Waals surface area (Å²) in [6.07, 6.45) is 4.32. The Hall–Kier alpha value is -2.62. The number of hydrogen-bond acceptors (Lipinski definition) is 4. The van der Waals surface area contributed by atoms with E-state index in [0.29, 0.717) is 0 Å². The molecule has 2 heterocycles. The van der Waals surface area contributed by atoms with Crippen LogP contribution in [0.5, 0.6) is 11.5 Å². The summed E-state index contributed by atoms with van der Waals surface area (Å²) in [6.45, 7) is 4.04. The lowest BCUT2D eigenvalue weighted by Gasteiger charge is -2.12. The number of rotatable bonds is 3. The number of aryl methyl sites for hydroxylation is 2. The van der Waals surface area contributed by atoms with E-state index in [-0.39, 0.29) is 0 Å². The van der Waals surface area contributed by atoms with E-state index in [4.69, 9.17) is 10.5 Å². The molecule has 2 N–H and O–H groups in total. The molecule has 0 saturated heterocycles. The average molecular weight is 279 g/mol. The molecule has 0 saturated carbocycles. The van der Waals surface area contributed by atoms with Gasteiger partial charge in [0.05, 0.1) is 5.69 Å². The zero-order valence-electron chi connectivity index (χ0n) is 12.1. The number of nitrogen functional groups attached to an aromatic ring is 1. The molecular formula is C17H17N3O. The van der Waals surface area contributed by atoms with Gasteiger partial charge in [-0.1, -0.05) is 6.92 Å². The largest absolute Gasteiger partial charge is 0.455 e. The summed E-state index contributed by atoms with van der Waals surface area (Å²) in [4.78, 5) is 8.68. The van der Waals surface area contributed by atoms with E-state index in [1.807, 2.05) is 37.3 Å². The molecule has 0 aliphatic carbocycles. The van der Waals surface area contributed by atoms with E-state index in [9.17, 15) is 0 Å². The fourth-order valence-corrected chi connectivity index (χ4v) is 2.34. The fourth-order valence-electron chi connectivity index (χ4n) is 2.34. The molecule has 0 aliphatic rings. The second-order valence-electron chi connectivity index (χ2n) is 4.93. The van der Waals surface area contributed by atoms with Crippen molar-refractivity contribution in [2.75, 3.05) is 5.73 Å². The molecule has 0 fully saturated rings. The quantitative estimate of drug-likeness (QED) is 0.739. The predicted octanol–water partition coefficient (Wildman–Crippen LogP) is 3.88. The van der Waals surface area contributed by atoms with Crippen LogP contribution in [0.4, 0.5) is 5.69 Å². The van der Waals surface area contributed by atoms with E-state index in [0.717, 1.165) is 45.8 Å². The van der Waals surface area contributed by atoms with Gasteiger partial charge in [-0.15, -0.1) is 0 Å². The van der Waals surface area contributed by atoms with E-state index in [2.05, 4.69) is 16.9 Å². The lowest BCUT2D eigenvalue weighted by atomic mass is 10.1. The zero-order chi connectivity index (χ0) is 14.8.